The van der Waals surface area contributed by atoms with E-state index >= 15 is 0 Å². The van der Waals surface area contributed by atoms with Crippen molar-refractivity contribution in [2.45, 2.75) is 0 Å². The van der Waals surface area contributed by atoms with Crippen LogP contribution >= 0.6 is 0 Å². The summed E-state index contributed by atoms with van der Waals surface area (Å²) in [5.74, 6) is 1.60. The van der Waals surface area contributed by atoms with Crippen LogP contribution in [0.15, 0.2) is 72.1 Å². The lowest BCUT2D eigenvalue weighted by Gasteiger charge is -2.29. The van der Waals surface area contributed by atoms with Crippen molar-refractivity contribution in [1.82, 2.24) is 24.6 Å². The highest BCUT2D eigenvalue weighted by Gasteiger charge is 2.18. The van der Waals surface area contributed by atoms with Crippen molar-refractivity contribution in [3.05, 3.63) is 72.7 Å². The lowest BCUT2D eigenvalue weighted by atomic mass is 10.2. The molecular formula is C24H22N8O. The van der Waals surface area contributed by atoms with Gasteiger partial charge in [-0.05, 0) is 24.3 Å². The molecule has 0 atom stereocenters. The van der Waals surface area contributed by atoms with Crippen LogP contribution in [0.1, 0.15) is 5.69 Å². The van der Waals surface area contributed by atoms with Crippen LogP contribution in [0.3, 0.4) is 0 Å². The number of hydrazone groups is 1. The Labute approximate surface area is 189 Å². The number of pyridine rings is 1. The number of hydrogen-bond donors (Lipinski definition) is 2. The lowest BCUT2D eigenvalue weighted by molar-refractivity contribution is 0.122. The predicted octanol–water partition coefficient (Wildman–Crippen LogP) is 3.56. The Morgan fingerprint density at radius 1 is 1.03 bits per heavy atom. The van der Waals surface area contributed by atoms with E-state index in [0.717, 1.165) is 52.4 Å². The van der Waals surface area contributed by atoms with Gasteiger partial charge in [0.1, 0.15) is 5.82 Å². The minimum absolute atomic E-state index is 0.650. The van der Waals surface area contributed by atoms with Crippen molar-refractivity contribution < 1.29 is 4.74 Å². The van der Waals surface area contributed by atoms with Crippen molar-refractivity contribution in [1.29, 1.82) is 0 Å². The number of para-hydroxylation sites is 1. The van der Waals surface area contributed by atoms with Gasteiger partial charge in [-0.15, -0.1) is 0 Å². The molecule has 1 aliphatic rings. The monoisotopic (exact) mass is 438 g/mol. The zero-order chi connectivity index (χ0) is 22.0. The van der Waals surface area contributed by atoms with Crippen LogP contribution in [0.4, 0.5) is 11.6 Å². The quantitative estimate of drug-likeness (QED) is 0.322. The molecule has 9 nitrogen and oxygen atoms in total. The molecule has 1 saturated heterocycles. The van der Waals surface area contributed by atoms with E-state index in [-0.39, 0.29) is 0 Å². The average molecular weight is 438 g/mol. The molecule has 5 heterocycles. The molecule has 33 heavy (non-hydrogen) atoms. The summed E-state index contributed by atoms with van der Waals surface area (Å²) in [6.07, 6.45) is 5.29. The van der Waals surface area contributed by atoms with Gasteiger partial charge in [-0.1, -0.05) is 18.2 Å². The SMILES string of the molecule is C(=N\Nc1cc(N2CCOCC2)n2nc(-c3ccncc3)cc2n1)/c1cc2ccccc2[nH]1. The third-order valence-corrected chi connectivity index (χ3v) is 5.65. The number of ether oxygens (including phenoxy) is 1. The number of H-pyrrole nitrogens is 1. The Bertz CT molecular complexity index is 1400. The Hall–Kier alpha value is -4.24. The molecule has 2 N–H and O–H groups in total. The molecule has 0 radical (unpaired) electrons. The fourth-order valence-corrected chi connectivity index (χ4v) is 4.03. The van der Waals surface area contributed by atoms with Gasteiger partial charge in [0.05, 0.1) is 30.8 Å². The number of benzene rings is 1. The van der Waals surface area contributed by atoms with E-state index in [2.05, 4.69) is 37.5 Å². The first kappa shape index (κ1) is 19.4. The van der Waals surface area contributed by atoms with Gasteiger partial charge < -0.3 is 14.6 Å². The second-order valence-electron chi connectivity index (χ2n) is 7.82. The van der Waals surface area contributed by atoms with Gasteiger partial charge >= 0.3 is 0 Å². The normalized spacial score (nSPS) is 14.5. The molecule has 1 aromatic carbocycles. The lowest BCUT2D eigenvalue weighted by Crippen LogP contribution is -2.37. The maximum atomic E-state index is 5.54. The minimum Gasteiger partial charge on any atom is -0.378 e. The smallest absolute Gasteiger partial charge is 0.160 e. The third kappa shape index (κ3) is 3.90. The molecule has 0 unspecified atom stereocenters. The van der Waals surface area contributed by atoms with Crippen LogP contribution in [-0.2, 0) is 4.74 Å². The molecule has 0 spiro atoms. The highest BCUT2D eigenvalue weighted by Crippen LogP contribution is 2.25. The number of nitrogens with one attached hydrogen (secondary N) is 2. The Morgan fingerprint density at radius 2 is 1.88 bits per heavy atom. The van der Waals surface area contributed by atoms with Gasteiger partial charge in [0.2, 0.25) is 0 Å². The van der Waals surface area contributed by atoms with E-state index in [1.54, 1.807) is 18.6 Å². The summed E-state index contributed by atoms with van der Waals surface area (Å²) >= 11 is 0. The molecule has 0 bridgehead atoms. The molecule has 0 saturated carbocycles. The minimum atomic E-state index is 0.650. The fraction of sp³-hybridized carbons (Fsp3) is 0.167. The van der Waals surface area contributed by atoms with E-state index in [4.69, 9.17) is 14.8 Å². The number of fused-ring (bicyclic) bond motifs is 2. The number of morpholine rings is 1. The van der Waals surface area contributed by atoms with E-state index in [1.807, 2.05) is 47.0 Å². The first-order chi connectivity index (χ1) is 16.3. The van der Waals surface area contributed by atoms with Crippen LogP contribution in [0.25, 0.3) is 27.8 Å². The standard InChI is InChI=1S/C24H22N8O/c1-2-4-20-18(3-1)13-19(27-20)16-26-29-22-15-24(31-9-11-33-12-10-31)32-23(28-22)14-21(30-32)17-5-7-25-8-6-17/h1-8,13-16,27H,9-12H2,(H,28,29)/b26-16+. The molecule has 0 aliphatic carbocycles. The zero-order valence-corrected chi connectivity index (χ0v) is 17.8. The number of aromatic amines is 1. The number of hydrogen-bond acceptors (Lipinski definition) is 7. The maximum absolute atomic E-state index is 5.54. The molecule has 0 amide bonds. The molecule has 4 aromatic heterocycles. The van der Waals surface area contributed by atoms with Gasteiger partial charge in [-0.3, -0.25) is 10.4 Å². The van der Waals surface area contributed by atoms with Gasteiger partial charge in [-0.2, -0.15) is 14.7 Å². The van der Waals surface area contributed by atoms with Crippen molar-refractivity contribution in [3.63, 3.8) is 0 Å². The summed E-state index contributed by atoms with van der Waals surface area (Å²) in [5.41, 5.74) is 7.67. The first-order valence-corrected chi connectivity index (χ1v) is 10.8. The second-order valence-corrected chi connectivity index (χ2v) is 7.82. The highest BCUT2D eigenvalue weighted by molar-refractivity contribution is 5.89. The summed E-state index contributed by atoms with van der Waals surface area (Å²) < 4.78 is 7.42. The van der Waals surface area contributed by atoms with Gasteiger partial charge in [-0.25, -0.2) is 4.98 Å². The number of nitrogens with zero attached hydrogens (tertiary/aromatic N) is 6. The van der Waals surface area contributed by atoms with E-state index in [1.165, 1.54) is 0 Å². The molecule has 6 rings (SSSR count). The number of aromatic nitrogens is 5. The topological polar surface area (TPSA) is 95.7 Å². The highest BCUT2D eigenvalue weighted by atomic mass is 16.5. The molecular weight excluding hydrogens is 416 g/mol. The van der Waals surface area contributed by atoms with Crippen molar-refractivity contribution in [3.8, 4) is 11.3 Å². The van der Waals surface area contributed by atoms with Gasteiger partial charge in [0.15, 0.2) is 11.5 Å². The van der Waals surface area contributed by atoms with Crippen LogP contribution < -0.4 is 10.3 Å². The van der Waals surface area contributed by atoms with E-state index in [0.29, 0.717) is 19.0 Å². The number of rotatable bonds is 5. The van der Waals surface area contributed by atoms with Gasteiger partial charge in [0, 0.05) is 54.1 Å². The fourth-order valence-electron chi connectivity index (χ4n) is 4.03. The molecule has 9 heteroatoms. The summed E-state index contributed by atoms with van der Waals surface area (Å²) in [6, 6.07) is 18.1. The molecule has 1 fully saturated rings. The van der Waals surface area contributed by atoms with Crippen LogP contribution in [0.2, 0.25) is 0 Å². The summed E-state index contributed by atoms with van der Waals surface area (Å²) in [7, 11) is 0. The van der Waals surface area contributed by atoms with Crippen molar-refractivity contribution >= 4 is 34.4 Å². The molecule has 1 aliphatic heterocycles. The zero-order valence-electron chi connectivity index (χ0n) is 17.8. The number of anilines is 2. The van der Waals surface area contributed by atoms with Crippen LogP contribution in [0, 0.1) is 0 Å². The average Bonchev–Trinajstić information content (AvgIpc) is 3.48. The predicted molar refractivity (Wildman–Crippen MR) is 129 cm³/mol. The maximum Gasteiger partial charge on any atom is 0.160 e. The van der Waals surface area contributed by atoms with Gasteiger partial charge in [0.25, 0.3) is 0 Å². The van der Waals surface area contributed by atoms with Crippen molar-refractivity contribution in [2.24, 2.45) is 5.10 Å². The first-order valence-electron chi connectivity index (χ1n) is 10.8. The second kappa shape index (κ2) is 8.36. The summed E-state index contributed by atoms with van der Waals surface area (Å²) in [5, 5.41) is 10.4. The van der Waals surface area contributed by atoms with Crippen molar-refractivity contribution in [2.75, 3.05) is 36.6 Å². The third-order valence-electron chi connectivity index (χ3n) is 5.65. The van der Waals surface area contributed by atoms with E-state index in [9.17, 15) is 0 Å². The Balaban J connectivity index is 1.34. The largest absolute Gasteiger partial charge is 0.378 e. The van der Waals surface area contributed by atoms with E-state index < -0.39 is 0 Å². The Morgan fingerprint density at radius 3 is 2.73 bits per heavy atom. The van der Waals surface area contributed by atoms with Crippen LogP contribution in [0.5, 0.6) is 0 Å². The van der Waals surface area contributed by atoms with Crippen LogP contribution in [-0.4, -0.2) is 57.1 Å². The summed E-state index contributed by atoms with van der Waals surface area (Å²) in [4.78, 5) is 14.4. The molecule has 5 aromatic rings. The Kier molecular flexibility index (Phi) is 4.93. The molecule has 164 valence electrons. The summed E-state index contributed by atoms with van der Waals surface area (Å²) in [6.45, 7) is 2.95.